The van der Waals surface area contributed by atoms with Crippen molar-refractivity contribution in [2.45, 2.75) is 44.6 Å². The van der Waals surface area contributed by atoms with Gasteiger partial charge in [-0.3, -0.25) is 4.79 Å². The zero-order valence-electron chi connectivity index (χ0n) is 13.7. The Bertz CT molecular complexity index is 516. The molecule has 23 heavy (non-hydrogen) atoms. The molecule has 0 radical (unpaired) electrons. The van der Waals surface area contributed by atoms with Gasteiger partial charge in [0.15, 0.2) is 0 Å². The number of nitrogens with zero attached hydrogens (tertiary/aromatic N) is 2. The molecule has 1 saturated heterocycles. The summed E-state index contributed by atoms with van der Waals surface area (Å²) in [6.45, 7) is 3.01. The van der Waals surface area contributed by atoms with E-state index < -0.39 is 0 Å². The third-order valence-electron chi connectivity index (χ3n) is 7.05. The van der Waals surface area contributed by atoms with E-state index in [4.69, 9.17) is 0 Å². The number of hydrogen-bond acceptors (Lipinski definition) is 2. The maximum Gasteiger partial charge on any atom is 0.317 e. The Kier molecular flexibility index (Phi) is 3.14. The summed E-state index contributed by atoms with van der Waals surface area (Å²) in [6, 6.07) is 0.575. The first-order valence-electron chi connectivity index (χ1n) is 9.56. The van der Waals surface area contributed by atoms with Crippen LogP contribution >= 0.6 is 0 Å². The third kappa shape index (κ3) is 2.34. The summed E-state index contributed by atoms with van der Waals surface area (Å²) >= 11 is 0. The van der Waals surface area contributed by atoms with E-state index in [1.54, 1.807) is 0 Å². The number of hydrogen-bond donors (Lipinski definition) is 1. The first-order chi connectivity index (χ1) is 11.2. The molecular formula is C18H27N3O2. The molecule has 1 aliphatic heterocycles. The molecular weight excluding hydrogens is 290 g/mol. The molecule has 0 spiro atoms. The molecule has 4 aliphatic carbocycles. The van der Waals surface area contributed by atoms with Gasteiger partial charge in [0.2, 0.25) is 5.91 Å². The lowest BCUT2D eigenvalue weighted by molar-refractivity contribution is -0.132. The van der Waals surface area contributed by atoms with Crippen molar-refractivity contribution >= 4 is 11.9 Å². The van der Waals surface area contributed by atoms with Crippen LogP contribution in [0.25, 0.3) is 0 Å². The molecule has 0 aromatic heterocycles. The Labute approximate surface area is 137 Å². The van der Waals surface area contributed by atoms with Crippen LogP contribution in [0.1, 0.15) is 38.5 Å². The highest BCUT2D eigenvalue weighted by molar-refractivity contribution is 5.81. The van der Waals surface area contributed by atoms with Gasteiger partial charge in [0, 0.05) is 38.1 Å². The van der Waals surface area contributed by atoms with Gasteiger partial charge in [0.25, 0.3) is 0 Å². The van der Waals surface area contributed by atoms with E-state index in [0.29, 0.717) is 25.0 Å². The predicted molar refractivity (Wildman–Crippen MR) is 85.6 cm³/mol. The quantitative estimate of drug-likeness (QED) is 0.842. The fraction of sp³-hybridized carbons (Fsp3) is 0.889. The van der Waals surface area contributed by atoms with Gasteiger partial charge in [-0.1, -0.05) is 0 Å². The van der Waals surface area contributed by atoms with Crippen molar-refractivity contribution in [2.24, 2.45) is 29.6 Å². The van der Waals surface area contributed by atoms with Crippen LogP contribution in [0, 0.1) is 29.6 Å². The highest BCUT2D eigenvalue weighted by atomic mass is 16.2. The molecule has 0 aromatic rings. The minimum Gasteiger partial charge on any atom is -0.341 e. The topological polar surface area (TPSA) is 52.7 Å². The SMILES string of the molecule is O=C(NC1[C@H]2[C@H]3CC[C@@H](C3)[C@H]12)N1CCCN(C(=O)C2CC2)CC1. The second kappa shape index (κ2) is 5.12. The second-order valence-electron chi connectivity index (χ2n) is 8.40. The second-order valence-corrected chi connectivity index (χ2v) is 8.40. The Morgan fingerprint density at radius 1 is 0.826 bits per heavy atom. The minimum absolute atomic E-state index is 0.115. The van der Waals surface area contributed by atoms with E-state index in [2.05, 4.69) is 5.32 Å². The molecule has 3 amide bonds. The van der Waals surface area contributed by atoms with Crippen molar-refractivity contribution in [2.75, 3.05) is 26.2 Å². The summed E-state index contributed by atoms with van der Waals surface area (Å²) in [5, 5.41) is 3.32. The first-order valence-corrected chi connectivity index (χ1v) is 9.56. The lowest BCUT2D eigenvalue weighted by atomic mass is 10.0. The Balaban J connectivity index is 1.15. The fourth-order valence-electron chi connectivity index (χ4n) is 5.68. The van der Waals surface area contributed by atoms with Crippen LogP contribution < -0.4 is 5.32 Å². The lowest BCUT2D eigenvalue weighted by Crippen LogP contribution is -2.44. The van der Waals surface area contributed by atoms with Gasteiger partial charge in [0.1, 0.15) is 0 Å². The summed E-state index contributed by atoms with van der Waals surface area (Å²) in [5.74, 6) is 3.98. The molecule has 5 fully saturated rings. The van der Waals surface area contributed by atoms with Crippen LogP contribution in [0.2, 0.25) is 0 Å². The van der Waals surface area contributed by atoms with Gasteiger partial charge in [0.05, 0.1) is 0 Å². The standard InChI is InChI=1S/C18H27N3O2/c22-17(11-2-3-11)20-6-1-7-21(9-8-20)18(23)19-16-14-12-4-5-13(10-12)15(14)16/h11-16H,1-10H2,(H,19,23)/t12-,13-,14-,15-/m0/s1. The normalized spacial score (nSPS) is 41.5. The van der Waals surface area contributed by atoms with Crippen LogP contribution in [-0.4, -0.2) is 54.0 Å². The Morgan fingerprint density at radius 3 is 2.17 bits per heavy atom. The van der Waals surface area contributed by atoms with E-state index in [1.165, 1.54) is 19.3 Å². The van der Waals surface area contributed by atoms with Gasteiger partial charge < -0.3 is 15.1 Å². The summed E-state index contributed by atoms with van der Waals surface area (Å²) in [5.41, 5.74) is 0. The van der Waals surface area contributed by atoms with E-state index in [1.807, 2.05) is 9.80 Å². The molecule has 2 bridgehead atoms. The molecule has 0 unspecified atom stereocenters. The van der Waals surface area contributed by atoms with Gasteiger partial charge in [-0.2, -0.15) is 0 Å². The van der Waals surface area contributed by atoms with Gasteiger partial charge >= 0.3 is 6.03 Å². The first kappa shape index (κ1) is 14.1. The maximum atomic E-state index is 12.6. The molecule has 5 nitrogen and oxygen atoms in total. The third-order valence-corrected chi connectivity index (χ3v) is 7.05. The number of carbonyl (C=O) groups is 2. The fourth-order valence-corrected chi connectivity index (χ4v) is 5.68. The van der Waals surface area contributed by atoms with Gasteiger partial charge in [-0.15, -0.1) is 0 Å². The number of urea groups is 1. The zero-order valence-corrected chi connectivity index (χ0v) is 13.7. The minimum atomic E-state index is 0.115. The van der Waals surface area contributed by atoms with Crippen molar-refractivity contribution in [1.29, 1.82) is 0 Å². The van der Waals surface area contributed by atoms with E-state index in [0.717, 1.165) is 56.0 Å². The molecule has 0 aromatic carbocycles. The van der Waals surface area contributed by atoms with Crippen molar-refractivity contribution in [3.8, 4) is 0 Å². The van der Waals surface area contributed by atoms with E-state index in [-0.39, 0.29) is 11.9 Å². The smallest absolute Gasteiger partial charge is 0.317 e. The number of nitrogens with one attached hydrogen (secondary N) is 1. The summed E-state index contributed by atoms with van der Waals surface area (Å²) in [4.78, 5) is 28.7. The summed E-state index contributed by atoms with van der Waals surface area (Å²) < 4.78 is 0. The van der Waals surface area contributed by atoms with Crippen molar-refractivity contribution < 1.29 is 9.59 Å². The highest BCUT2D eigenvalue weighted by Gasteiger charge is 2.65. The van der Waals surface area contributed by atoms with Crippen molar-refractivity contribution in [1.82, 2.24) is 15.1 Å². The molecule has 4 atom stereocenters. The summed E-state index contributed by atoms with van der Waals surface area (Å²) in [7, 11) is 0. The van der Waals surface area contributed by atoms with Crippen LogP contribution in [0.5, 0.6) is 0 Å². The van der Waals surface area contributed by atoms with Gasteiger partial charge in [-0.05, 0) is 62.2 Å². The van der Waals surface area contributed by atoms with E-state index >= 15 is 0 Å². The summed E-state index contributed by atoms with van der Waals surface area (Å²) in [6.07, 6.45) is 7.23. The lowest BCUT2D eigenvalue weighted by Gasteiger charge is -2.23. The average Bonchev–Trinajstić information content (AvgIpc) is 3.45. The largest absolute Gasteiger partial charge is 0.341 e. The van der Waals surface area contributed by atoms with Crippen molar-refractivity contribution in [3.63, 3.8) is 0 Å². The molecule has 4 saturated carbocycles. The number of rotatable bonds is 2. The van der Waals surface area contributed by atoms with E-state index in [9.17, 15) is 9.59 Å². The van der Waals surface area contributed by atoms with Crippen LogP contribution in [0.15, 0.2) is 0 Å². The highest BCUT2D eigenvalue weighted by Crippen LogP contribution is 2.65. The monoisotopic (exact) mass is 317 g/mol. The molecule has 126 valence electrons. The molecule has 5 aliphatic rings. The van der Waals surface area contributed by atoms with Crippen LogP contribution in [-0.2, 0) is 4.79 Å². The van der Waals surface area contributed by atoms with Crippen LogP contribution in [0.3, 0.4) is 0 Å². The Hall–Kier alpha value is -1.26. The number of fused-ring (bicyclic) bond motifs is 5. The zero-order chi connectivity index (χ0) is 15.6. The van der Waals surface area contributed by atoms with Crippen LogP contribution in [0.4, 0.5) is 4.79 Å². The van der Waals surface area contributed by atoms with Gasteiger partial charge in [-0.25, -0.2) is 4.79 Å². The number of amides is 3. The maximum absolute atomic E-state index is 12.6. The molecule has 5 rings (SSSR count). The predicted octanol–water partition coefficient (Wildman–Crippen LogP) is 1.68. The molecule has 1 heterocycles. The van der Waals surface area contributed by atoms with Crippen molar-refractivity contribution in [3.05, 3.63) is 0 Å². The molecule has 5 heteroatoms. The average molecular weight is 317 g/mol. The molecule has 1 N–H and O–H groups in total. The number of carbonyl (C=O) groups excluding carboxylic acids is 2. The Morgan fingerprint density at radius 2 is 1.48 bits per heavy atom.